The standard InChI is InChI=1S/C16H28N2OS/c1-12(2)14-11-20-15(18-14)16(17-9-10-19-4)8-6-5-7-13(16)3/h11-13,17H,5-10H2,1-4H3. The highest BCUT2D eigenvalue weighted by molar-refractivity contribution is 7.09. The Labute approximate surface area is 127 Å². The fraction of sp³-hybridized carbons (Fsp3) is 0.812. The van der Waals surface area contributed by atoms with Crippen LogP contribution in [0.2, 0.25) is 0 Å². The average Bonchev–Trinajstić information content (AvgIpc) is 2.92. The Morgan fingerprint density at radius 2 is 2.30 bits per heavy atom. The first-order valence-electron chi connectivity index (χ1n) is 7.80. The topological polar surface area (TPSA) is 34.1 Å². The summed E-state index contributed by atoms with van der Waals surface area (Å²) >= 11 is 1.83. The molecule has 3 nitrogen and oxygen atoms in total. The van der Waals surface area contributed by atoms with Gasteiger partial charge in [0.2, 0.25) is 0 Å². The number of methoxy groups -OCH3 is 1. The lowest BCUT2D eigenvalue weighted by Crippen LogP contribution is -2.50. The van der Waals surface area contributed by atoms with Crippen LogP contribution in [0.15, 0.2) is 5.38 Å². The summed E-state index contributed by atoms with van der Waals surface area (Å²) in [5.41, 5.74) is 1.30. The molecular weight excluding hydrogens is 268 g/mol. The van der Waals surface area contributed by atoms with Crippen LogP contribution in [-0.2, 0) is 10.3 Å². The minimum absolute atomic E-state index is 0.0641. The van der Waals surface area contributed by atoms with Crippen LogP contribution in [0, 0.1) is 5.92 Å². The first-order valence-corrected chi connectivity index (χ1v) is 8.68. The van der Waals surface area contributed by atoms with E-state index in [1.807, 2.05) is 11.3 Å². The number of thiazole rings is 1. The molecule has 0 aromatic carbocycles. The van der Waals surface area contributed by atoms with Crippen molar-refractivity contribution in [1.82, 2.24) is 10.3 Å². The van der Waals surface area contributed by atoms with E-state index < -0.39 is 0 Å². The second kappa shape index (κ2) is 7.01. The summed E-state index contributed by atoms with van der Waals surface area (Å²) in [4.78, 5) is 4.95. The highest BCUT2D eigenvalue weighted by Crippen LogP contribution is 2.43. The lowest BCUT2D eigenvalue weighted by atomic mass is 9.74. The maximum Gasteiger partial charge on any atom is 0.113 e. The number of hydrogen-bond donors (Lipinski definition) is 1. The second-order valence-corrected chi connectivity index (χ2v) is 7.13. The molecule has 0 saturated heterocycles. The summed E-state index contributed by atoms with van der Waals surface area (Å²) in [7, 11) is 1.76. The van der Waals surface area contributed by atoms with Crippen LogP contribution >= 0.6 is 11.3 Å². The van der Waals surface area contributed by atoms with Gasteiger partial charge in [-0.1, -0.05) is 33.6 Å². The van der Waals surface area contributed by atoms with E-state index in [0.717, 1.165) is 13.2 Å². The Morgan fingerprint density at radius 1 is 1.50 bits per heavy atom. The van der Waals surface area contributed by atoms with Crippen LogP contribution in [0.3, 0.4) is 0 Å². The van der Waals surface area contributed by atoms with Crippen molar-refractivity contribution in [2.75, 3.05) is 20.3 Å². The summed E-state index contributed by atoms with van der Waals surface area (Å²) < 4.78 is 5.21. The van der Waals surface area contributed by atoms with Gasteiger partial charge in [-0.25, -0.2) is 4.98 Å². The molecule has 1 saturated carbocycles. The van der Waals surface area contributed by atoms with Gasteiger partial charge in [-0.05, 0) is 24.7 Å². The Bertz CT molecular complexity index is 418. The van der Waals surface area contributed by atoms with Crippen LogP contribution in [0.4, 0.5) is 0 Å². The molecule has 1 aliphatic rings. The van der Waals surface area contributed by atoms with E-state index in [4.69, 9.17) is 9.72 Å². The highest BCUT2D eigenvalue weighted by atomic mass is 32.1. The van der Waals surface area contributed by atoms with Gasteiger partial charge in [-0.15, -0.1) is 11.3 Å². The van der Waals surface area contributed by atoms with Gasteiger partial charge in [0.15, 0.2) is 0 Å². The summed E-state index contributed by atoms with van der Waals surface area (Å²) in [6.45, 7) is 8.46. The van der Waals surface area contributed by atoms with E-state index in [9.17, 15) is 0 Å². The number of nitrogens with one attached hydrogen (secondary N) is 1. The van der Waals surface area contributed by atoms with Gasteiger partial charge in [0.25, 0.3) is 0 Å². The molecule has 0 aliphatic heterocycles. The fourth-order valence-corrected chi connectivity index (χ4v) is 4.44. The number of hydrogen-bond acceptors (Lipinski definition) is 4. The minimum Gasteiger partial charge on any atom is -0.383 e. The Hall–Kier alpha value is -0.450. The Morgan fingerprint density at radius 3 is 2.90 bits per heavy atom. The Kier molecular flexibility index (Phi) is 5.58. The van der Waals surface area contributed by atoms with Crippen molar-refractivity contribution in [3.05, 3.63) is 16.1 Å². The van der Waals surface area contributed by atoms with Gasteiger partial charge in [-0.3, -0.25) is 0 Å². The smallest absolute Gasteiger partial charge is 0.113 e. The molecule has 1 aromatic rings. The van der Waals surface area contributed by atoms with Crippen LogP contribution < -0.4 is 5.32 Å². The molecule has 114 valence electrons. The van der Waals surface area contributed by atoms with Gasteiger partial charge in [0.05, 0.1) is 17.8 Å². The van der Waals surface area contributed by atoms with Gasteiger partial charge in [-0.2, -0.15) is 0 Å². The first-order chi connectivity index (χ1) is 9.60. The molecule has 2 unspecified atom stereocenters. The van der Waals surface area contributed by atoms with Crippen LogP contribution in [0.25, 0.3) is 0 Å². The van der Waals surface area contributed by atoms with Gasteiger partial charge < -0.3 is 10.1 Å². The summed E-state index contributed by atoms with van der Waals surface area (Å²) in [6, 6.07) is 0. The zero-order chi connectivity index (χ0) is 14.6. The molecule has 20 heavy (non-hydrogen) atoms. The molecule has 2 rings (SSSR count). The fourth-order valence-electron chi connectivity index (χ4n) is 3.14. The predicted molar refractivity (Wildman–Crippen MR) is 85.4 cm³/mol. The molecule has 1 fully saturated rings. The van der Waals surface area contributed by atoms with E-state index >= 15 is 0 Å². The number of ether oxygens (including phenoxy) is 1. The number of rotatable bonds is 6. The first kappa shape index (κ1) is 15.9. The van der Waals surface area contributed by atoms with Crippen molar-refractivity contribution in [2.45, 2.75) is 57.9 Å². The molecule has 1 aromatic heterocycles. The zero-order valence-electron chi connectivity index (χ0n) is 13.2. The van der Waals surface area contributed by atoms with Crippen molar-refractivity contribution < 1.29 is 4.74 Å². The summed E-state index contributed by atoms with van der Waals surface area (Å²) in [5, 5.41) is 7.30. The molecule has 0 amide bonds. The predicted octanol–water partition coefficient (Wildman–Crippen LogP) is 3.91. The third-order valence-electron chi connectivity index (χ3n) is 4.54. The molecule has 1 heterocycles. The Balaban J connectivity index is 2.24. The largest absolute Gasteiger partial charge is 0.383 e. The van der Waals surface area contributed by atoms with Crippen molar-refractivity contribution in [1.29, 1.82) is 0 Å². The van der Waals surface area contributed by atoms with E-state index in [1.165, 1.54) is 36.4 Å². The van der Waals surface area contributed by atoms with E-state index in [-0.39, 0.29) is 5.54 Å². The van der Waals surface area contributed by atoms with Crippen LogP contribution in [-0.4, -0.2) is 25.2 Å². The SMILES string of the molecule is COCCNC1(c2nc(C(C)C)cs2)CCCCC1C. The van der Waals surface area contributed by atoms with E-state index in [0.29, 0.717) is 11.8 Å². The second-order valence-electron chi connectivity index (χ2n) is 6.27. The van der Waals surface area contributed by atoms with Gasteiger partial charge in [0, 0.05) is 19.0 Å². The maximum absolute atomic E-state index is 5.21. The molecule has 4 heteroatoms. The maximum atomic E-state index is 5.21. The third kappa shape index (κ3) is 3.23. The van der Waals surface area contributed by atoms with Crippen LogP contribution in [0.5, 0.6) is 0 Å². The molecule has 2 atom stereocenters. The lowest BCUT2D eigenvalue weighted by molar-refractivity contribution is 0.128. The quantitative estimate of drug-likeness (QED) is 0.808. The van der Waals surface area contributed by atoms with E-state index in [1.54, 1.807) is 7.11 Å². The van der Waals surface area contributed by atoms with Gasteiger partial charge in [0.1, 0.15) is 5.01 Å². The minimum atomic E-state index is 0.0641. The van der Waals surface area contributed by atoms with Crippen LogP contribution in [0.1, 0.15) is 63.1 Å². The highest BCUT2D eigenvalue weighted by Gasteiger charge is 2.41. The van der Waals surface area contributed by atoms with E-state index in [2.05, 4.69) is 31.5 Å². The number of nitrogens with zero attached hydrogens (tertiary/aromatic N) is 1. The van der Waals surface area contributed by atoms with Crippen molar-refractivity contribution >= 4 is 11.3 Å². The lowest BCUT2D eigenvalue weighted by Gasteiger charge is -2.42. The molecular formula is C16H28N2OS. The van der Waals surface area contributed by atoms with Crippen molar-refractivity contribution in [2.24, 2.45) is 5.92 Å². The van der Waals surface area contributed by atoms with Gasteiger partial charge >= 0.3 is 0 Å². The van der Waals surface area contributed by atoms with Crippen molar-refractivity contribution in [3.63, 3.8) is 0 Å². The molecule has 1 aliphatic carbocycles. The molecule has 0 spiro atoms. The molecule has 1 N–H and O–H groups in total. The third-order valence-corrected chi connectivity index (χ3v) is 5.58. The normalized spacial score (nSPS) is 27.1. The average molecular weight is 296 g/mol. The monoisotopic (exact) mass is 296 g/mol. The summed E-state index contributed by atoms with van der Waals surface area (Å²) in [5.74, 6) is 1.15. The summed E-state index contributed by atoms with van der Waals surface area (Å²) in [6.07, 6.45) is 5.12. The number of aromatic nitrogens is 1. The molecule has 0 bridgehead atoms. The van der Waals surface area contributed by atoms with Crippen molar-refractivity contribution in [3.8, 4) is 0 Å². The molecule has 0 radical (unpaired) electrons. The zero-order valence-corrected chi connectivity index (χ0v) is 14.1.